The van der Waals surface area contributed by atoms with Crippen LogP contribution in [0.1, 0.15) is 27.2 Å². The highest BCUT2D eigenvalue weighted by atomic mass is 28.4. The highest BCUT2D eigenvalue weighted by Crippen LogP contribution is 2.38. The average Bonchev–Trinajstić information content (AvgIpc) is 2.94. The van der Waals surface area contributed by atoms with E-state index in [0.29, 0.717) is 6.61 Å². The summed E-state index contributed by atoms with van der Waals surface area (Å²) in [7, 11) is 0.220. The van der Waals surface area contributed by atoms with Crippen LogP contribution in [0.5, 0.6) is 0 Å². The zero-order valence-electron chi connectivity index (χ0n) is 14.1. The Hall–Kier alpha value is -0.853. The fraction of sp³-hybridized carbons (Fsp3) is 0.800. The molecule has 0 aromatic carbocycles. The van der Waals surface area contributed by atoms with E-state index in [1.165, 1.54) is 0 Å². The zero-order chi connectivity index (χ0) is 15.7. The van der Waals surface area contributed by atoms with E-state index in [2.05, 4.69) is 44.3 Å². The van der Waals surface area contributed by atoms with Crippen LogP contribution in [0.4, 0.5) is 5.69 Å². The average molecular weight is 312 g/mol. The Bertz CT molecular complexity index is 468. The van der Waals surface area contributed by atoms with E-state index < -0.39 is 8.32 Å². The number of anilines is 1. The van der Waals surface area contributed by atoms with Crippen LogP contribution in [-0.2, 0) is 16.2 Å². The van der Waals surface area contributed by atoms with Crippen molar-refractivity contribution < 1.29 is 9.16 Å². The lowest BCUT2D eigenvalue weighted by Crippen LogP contribution is -2.44. The van der Waals surface area contributed by atoms with Gasteiger partial charge in [-0.2, -0.15) is 5.10 Å². The molecule has 0 aliphatic carbocycles. The first-order chi connectivity index (χ1) is 9.67. The second kappa shape index (κ2) is 6.10. The Morgan fingerprint density at radius 1 is 1.48 bits per heavy atom. The molecule has 2 atom stereocenters. The van der Waals surface area contributed by atoms with Gasteiger partial charge in [0.05, 0.1) is 30.7 Å². The summed E-state index contributed by atoms with van der Waals surface area (Å²) in [5.74, 6) is 0. The highest BCUT2D eigenvalue weighted by molar-refractivity contribution is 6.74. The molecule has 0 spiro atoms. The number of nitrogens with zero attached hydrogens (tertiary/aromatic N) is 2. The molecule has 0 saturated carbocycles. The number of hydrogen-bond donors (Lipinski definition) is 1. The van der Waals surface area contributed by atoms with Gasteiger partial charge in [-0.1, -0.05) is 20.8 Å². The lowest BCUT2D eigenvalue weighted by atomic mass is 10.2. The summed E-state index contributed by atoms with van der Waals surface area (Å²) in [5, 5.41) is 7.76. The first-order valence-corrected chi connectivity index (χ1v) is 10.6. The third-order valence-corrected chi connectivity index (χ3v) is 9.08. The van der Waals surface area contributed by atoms with Gasteiger partial charge in [0.25, 0.3) is 0 Å². The predicted molar refractivity (Wildman–Crippen MR) is 88.1 cm³/mol. The van der Waals surface area contributed by atoms with Crippen LogP contribution >= 0.6 is 0 Å². The minimum Gasteiger partial charge on any atom is -0.411 e. The summed E-state index contributed by atoms with van der Waals surface area (Å²) in [6, 6.07) is 0. The molecule has 0 bridgehead atoms. The Morgan fingerprint density at radius 3 is 2.76 bits per heavy atom. The van der Waals surface area contributed by atoms with Crippen molar-refractivity contribution in [1.29, 1.82) is 0 Å². The molecular formula is C15H29N3O2Si. The van der Waals surface area contributed by atoms with Crippen LogP contribution < -0.4 is 5.32 Å². The van der Waals surface area contributed by atoms with Crippen molar-refractivity contribution in [1.82, 2.24) is 9.78 Å². The predicted octanol–water partition coefficient (Wildman–Crippen LogP) is 3.01. The third kappa shape index (κ3) is 4.31. The van der Waals surface area contributed by atoms with Gasteiger partial charge in [0.1, 0.15) is 0 Å². The normalized spacial score (nSPS) is 23.5. The maximum absolute atomic E-state index is 6.42. The second-order valence-electron chi connectivity index (χ2n) is 7.47. The molecule has 120 valence electrons. The van der Waals surface area contributed by atoms with Gasteiger partial charge < -0.3 is 14.5 Å². The van der Waals surface area contributed by atoms with Gasteiger partial charge in [0, 0.05) is 26.2 Å². The molecule has 0 amide bonds. The number of ether oxygens (including phenoxy) is 1. The van der Waals surface area contributed by atoms with Crippen LogP contribution in [0.15, 0.2) is 12.4 Å². The van der Waals surface area contributed by atoms with Crippen molar-refractivity contribution in [2.24, 2.45) is 7.05 Å². The summed E-state index contributed by atoms with van der Waals surface area (Å²) in [4.78, 5) is 0. The van der Waals surface area contributed by atoms with Crippen molar-refractivity contribution in [3.8, 4) is 0 Å². The summed E-state index contributed by atoms with van der Waals surface area (Å²) >= 11 is 0. The van der Waals surface area contributed by atoms with Gasteiger partial charge in [0.15, 0.2) is 8.32 Å². The van der Waals surface area contributed by atoms with Crippen LogP contribution in [0.25, 0.3) is 0 Å². The fourth-order valence-electron chi connectivity index (χ4n) is 2.23. The molecule has 6 heteroatoms. The first kappa shape index (κ1) is 16.5. The summed E-state index contributed by atoms with van der Waals surface area (Å²) in [6.07, 6.45) is 5.24. The Morgan fingerprint density at radius 2 is 2.19 bits per heavy atom. The summed E-state index contributed by atoms with van der Waals surface area (Å²) in [6.45, 7) is 12.9. The third-order valence-electron chi connectivity index (χ3n) is 4.55. The van der Waals surface area contributed by atoms with E-state index in [-0.39, 0.29) is 17.2 Å². The fourth-order valence-corrected chi connectivity index (χ4v) is 3.59. The zero-order valence-corrected chi connectivity index (χ0v) is 15.1. The van der Waals surface area contributed by atoms with Crippen molar-refractivity contribution in [3.05, 3.63) is 12.4 Å². The number of aromatic nitrogens is 2. The maximum atomic E-state index is 6.42. The van der Waals surface area contributed by atoms with Crippen LogP contribution in [0.3, 0.4) is 0 Å². The molecule has 1 fully saturated rings. The minimum atomic E-state index is -1.70. The molecular weight excluding hydrogens is 282 g/mol. The topological polar surface area (TPSA) is 48.3 Å². The van der Waals surface area contributed by atoms with E-state index in [4.69, 9.17) is 9.16 Å². The SMILES string of the molecule is Cn1cc(NC[C@H]2C[C@H](O[Si](C)(C)C(C)(C)C)CO2)cn1. The summed E-state index contributed by atoms with van der Waals surface area (Å²) < 4.78 is 14.1. The smallest absolute Gasteiger partial charge is 0.192 e. The van der Waals surface area contributed by atoms with Crippen LogP contribution in [0.2, 0.25) is 18.1 Å². The largest absolute Gasteiger partial charge is 0.411 e. The van der Waals surface area contributed by atoms with Crippen molar-refractivity contribution in [3.63, 3.8) is 0 Å². The number of nitrogens with one attached hydrogen (secondary N) is 1. The molecule has 5 nitrogen and oxygen atoms in total. The van der Waals surface area contributed by atoms with Gasteiger partial charge in [-0.3, -0.25) is 4.68 Å². The summed E-state index contributed by atoms with van der Waals surface area (Å²) in [5.41, 5.74) is 1.04. The van der Waals surface area contributed by atoms with Crippen LogP contribution in [0, 0.1) is 0 Å². The Balaban J connectivity index is 1.78. The second-order valence-corrected chi connectivity index (χ2v) is 12.2. The number of aryl methyl sites for hydroxylation is 1. The Kier molecular flexibility index (Phi) is 4.80. The lowest BCUT2D eigenvalue weighted by Gasteiger charge is -2.38. The lowest BCUT2D eigenvalue weighted by molar-refractivity contribution is 0.0971. The van der Waals surface area contributed by atoms with Gasteiger partial charge in [-0.15, -0.1) is 0 Å². The van der Waals surface area contributed by atoms with Crippen molar-refractivity contribution in [2.45, 2.75) is 57.5 Å². The highest BCUT2D eigenvalue weighted by Gasteiger charge is 2.41. The van der Waals surface area contributed by atoms with Gasteiger partial charge in [0.2, 0.25) is 0 Å². The number of rotatable bonds is 5. The monoisotopic (exact) mass is 311 g/mol. The van der Waals surface area contributed by atoms with E-state index in [0.717, 1.165) is 18.7 Å². The first-order valence-electron chi connectivity index (χ1n) is 7.69. The molecule has 21 heavy (non-hydrogen) atoms. The van der Waals surface area contributed by atoms with Gasteiger partial charge >= 0.3 is 0 Å². The van der Waals surface area contributed by atoms with Crippen LogP contribution in [-0.4, -0.2) is 43.5 Å². The molecule has 2 heterocycles. The Labute approximate surface area is 129 Å². The standard InChI is InChI=1S/C15H29N3O2Si/c1-15(2,3)21(5,6)20-14-7-13(19-11-14)9-16-12-8-17-18(4)10-12/h8,10,13-14,16H,7,9,11H2,1-6H3/t13-,14+/m1/s1. The molecule has 1 saturated heterocycles. The molecule has 2 rings (SSSR count). The van der Waals surface area contributed by atoms with E-state index in [1.54, 1.807) is 4.68 Å². The van der Waals surface area contributed by atoms with Crippen molar-refractivity contribution >= 4 is 14.0 Å². The number of hydrogen-bond acceptors (Lipinski definition) is 4. The minimum absolute atomic E-state index is 0.222. The molecule has 1 aliphatic rings. The van der Waals surface area contributed by atoms with Gasteiger partial charge in [-0.05, 0) is 18.1 Å². The molecule has 0 radical (unpaired) electrons. The van der Waals surface area contributed by atoms with Crippen molar-refractivity contribution in [2.75, 3.05) is 18.5 Å². The van der Waals surface area contributed by atoms with Gasteiger partial charge in [-0.25, -0.2) is 0 Å². The maximum Gasteiger partial charge on any atom is 0.192 e. The van der Waals surface area contributed by atoms with E-state index in [9.17, 15) is 0 Å². The molecule has 0 unspecified atom stereocenters. The molecule has 1 N–H and O–H groups in total. The van der Waals surface area contributed by atoms with E-state index in [1.807, 2.05) is 19.4 Å². The molecule has 1 aromatic heterocycles. The molecule has 1 aliphatic heterocycles. The quantitative estimate of drug-likeness (QED) is 0.849. The van der Waals surface area contributed by atoms with E-state index >= 15 is 0 Å². The molecule has 1 aromatic rings.